The Bertz CT molecular complexity index is 151. The molecule has 1 atom stereocenters. The minimum Gasteiger partial charge on any atom is -0.315 e. The zero-order chi connectivity index (χ0) is 8.44. The molecule has 1 aliphatic carbocycles. The Morgan fingerprint density at radius 1 is 1.58 bits per heavy atom. The predicted octanol–water partition coefficient (Wildman–Crippen LogP) is 0.833. The molecule has 0 spiro atoms. The van der Waals surface area contributed by atoms with Crippen LogP contribution in [-0.4, -0.2) is 36.7 Å². The van der Waals surface area contributed by atoms with E-state index < -0.39 is 0 Å². The van der Waals surface area contributed by atoms with E-state index in [1.165, 1.54) is 38.9 Å². The van der Waals surface area contributed by atoms with Crippen molar-refractivity contribution in [2.24, 2.45) is 0 Å². The molecule has 1 heterocycles. The second kappa shape index (κ2) is 3.56. The SMILES string of the molecule is CSC1(CNC2CCNC2)CC1. The maximum absolute atomic E-state index is 3.65. The molecule has 0 amide bonds. The van der Waals surface area contributed by atoms with Gasteiger partial charge in [-0.1, -0.05) is 0 Å². The van der Waals surface area contributed by atoms with Gasteiger partial charge >= 0.3 is 0 Å². The first-order valence-electron chi connectivity index (χ1n) is 4.84. The lowest BCUT2D eigenvalue weighted by Gasteiger charge is -2.16. The summed E-state index contributed by atoms with van der Waals surface area (Å²) in [4.78, 5) is 0. The van der Waals surface area contributed by atoms with Crippen LogP contribution in [0, 0.1) is 0 Å². The average Bonchev–Trinajstić information content (AvgIpc) is 2.70. The lowest BCUT2D eigenvalue weighted by molar-refractivity contribution is 0.539. The van der Waals surface area contributed by atoms with E-state index in [4.69, 9.17) is 0 Å². The van der Waals surface area contributed by atoms with E-state index in [2.05, 4.69) is 16.9 Å². The summed E-state index contributed by atoms with van der Waals surface area (Å²) in [6, 6.07) is 0.745. The summed E-state index contributed by atoms with van der Waals surface area (Å²) < 4.78 is 0.628. The lowest BCUT2D eigenvalue weighted by atomic mass is 10.2. The highest BCUT2D eigenvalue weighted by Gasteiger charge is 2.41. The largest absolute Gasteiger partial charge is 0.315 e. The minimum absolute atomic E-state index is 0.628. The van der Waals surface area contributed by atoms with Gasteiger partial charge in [0.1, 0.15) is 0 Å². The molecule has 0 aromatic carbocycles. The summed E-state index contributed by atoms with van der Waals surface area (Å²) in [5.41, 5.74) is 0. The Kier molecular flexibility index (Phi) is 2.63. The standard InChI is InChI=1S/C9H18N2S/c1-12-9(3-4-9)7-11-8-2-5-10-6-8/h8,10-11H,2-7H2,1H3. The van der Waals surface area contributed by atoms with Crippen LogP contribution in [0.3, 0.4) is 0 Å². The molecule has 2 fully saturated rings. The zero-order valence-corrected chi connectivity index (χ0v) is 8.54. The van der Waals surface area contributed by atoms with Crippen molar-refractivity contribution in [3.05, 3.63) is 0 Å². The highest BCUT2D eigenvalue weighted by atomic mass is 32.2. The molecule has 1 saturated heterocycles. The summed E-state index contributed by atoms with van der Waals surface area (Å²) in [5.74, 6) is 0. The van der Waals surface area contributed by atoms with Gasteiger partial charge in [-0.05, 0) is 32.1 Å². The number of hydrogen-bond acceptors (Lipinski definition) is 3. The molecule has 2 nitrogen and oxygen atoms in total. The van der Waals surface area contributed by atoms with Crippen molar-refractivity contribution in [3.8, 4) is 0 Å². The second-order valence-electron chi connectivity index (χ2n) is 3.96. The highest BCUT2D eigenvalue weighted by Crippen LogP contribution is 2.46. The summed E-state index contributed by atoms with van der Waals surface area (Å²) in [5, 5.41) is 7.03. The molecule has 12 heavy (non-hydrogen) atoms. The molecule has 0 aromatic rings. The molecule has 1 aliphatic heterocycles. The normalized spacial score (nSPS) is 32.2. The number of hydrogen-bond donors (Lipinski definition) is 2. The molecule has 0 radical (unpaired) electrons. The van der Waals surface area contributed by atoms with Gasteiger partial charge in [0.25, 0.3) is 0 Å². The summed E-state index contributed by atoms with van der Waals surface area (Å²) in [6.45, 7) is 3.59. The van der Waals surface area contributed by atoms with Gasteiger partial charge in [-0.15, -0.1) is 0 Å². The zero-order valence-electron chi connectivity index (χ0n) is 7.73. The van der Waals surface area contributed by atoms with E-state index in [9.17, 15) is 0 Å². The maximum atomic E-state index is 3.65. The van der Waals surface area contributed by atoms with Gasteiger partial charge < -0.3 is 10.6 Å². The van der Waals surface area contributed by atoms with E-state index in [1.54, 1.807) is 0 Å². The van der Waals surface area contributed by atoms with Crippen LogP contribution in [-0.2, 0) is 0 Å². The third-order valence-electron chi connectivity index (χ3n) is 3.01. The molecule has 3 heteroatoms. The van der Waals surface area contributed by atoms with Crippen LogP contribution >= 0.6 is 11.8 Å². The number of thioether (sulfide) groups is 1. The van der Waals surface area contributed by atoms with Gasteiger partial charge in [0.05, 0.1) is 0 Å². The Labute approximate surface area is 78.9 Å². The van der Waals surface area contributed by atoms with Crippen LogP contribution in [0.5, 0.6) is 0 Å². The van der Waals surface area contributed by atoms with Crippen molar-refractivity contribution in [2.75, 3.05) is 25.9 Å². The molecule has 2 rings (SSSR count). The first kappa shape index (κ1) is 8.85. The molecule has 2 N–H and O–H groups in total. The van der Waals surface area contributed by atoms with Crippen molar-refractivity contribution in [1.82, 2.24) is 10.6 Å². The van der Waals surface area contributed by atoms with Crippen LogP contribution < -0.4 is 10.6 Å². The van der Waals surface area contributed by atoms with Crippen molar-refractivity contribution in [1.29, 1.82) is 0 Å². The Hall–Kier alpha value is 0.270. The molecular weight excluding hydrogens is 168 g/mol. The third-order valence-corrected chi connectivity index (χ3v) is 4.43. The van der Waals surface area contributed by atoms with E-state index in [1.807, 2.05) is 11.8 Å². The number of rotatable bonds is 4. The van der Waals surface area contributed by atoms with Crippen LogP contribution in [0.1, 0.15) is 19.3 Å². The molecule has 1 unspecified atom stereocenters. The van der Waals surface area contributed by atoms with Gasteiger partial charge in [0.15, 0.2) is 0 Å². The van der Waals surface area contributed by atoms with Crippen LogP contribution in [0.2, 0.25) is 0 Å². The minimum atomic E-state index is 0.628. The van der Waals surface area contributed by atoms with Gasteiger partial charge in [0, 0.05) is 23.9 Å². The quantitative estimate of drug-likeness (QED) is 0.680. The molecule has 0 bridgehead atoms. The molecular formula is C9H18N2S. The Morgan fingerprint density at radius 3 is 2.92 bits per heavy atom. The van der Waals surface area contributed by atoms with E-state index in [-0.39, 0.29) is 0 Å². The van der Waals surface area contributed by atoms with Crippen LogP contribution in [0.4, 0.5) is 0 Å². The van der Waals surface area contributed by atoms with Crippen molar-refractivity contribution in [3.63, 3.8) is 0 Å². The van der Waals surface area contributed by atoms with Crippen molar-refractivity contribution >= 4 is 11.8 Å². The molecule has 70 valence electrons. The van der Waals surface area contributed by atoms with E-state index in [0.29, 0.717) is 4.75 Å². The monoisotopic (exact) mass is 186 g/mol. The fraction of sp³-hybridized carbons (Fsp3) is 1.00. The lowest BCUT2D eigenvalue weighted by Crippen LogP contribution is -2.36. The average molecular weight is 186 g/mol. The number of nitrogens with one attached hydrogen (secondary N) is 2. The fourth-order valence-corrected chi connectivity index (χ4v) is 2.49. The van der Waals surface area contributed by atoms with E-state index >= 15 is 0 Å². The molecule has 2 aliphatic rings. The highest BCUT2D eigenvalue weighted by molar-refractivity contribution is 8.00. The topological polar surface area (TPSA) is 24.1 Å². The first-order valence-corrected chi connectivity index (χ1v) is 6.06. The Balaban J connectivity index is 1.67. The first-order chi connectivity index (χ1) is 5.85. The Morgan fingerprint density at radius 2 is 2.42 bits per heavy atom. The van der Waals surface area contributed by atoms with Crippen molar-refractivity contribution < 1.29 is 0 Å². The van der Waals surface area contributed by atoms with Crippen molar-refractivity contribution in [2.45, 2.75) is 30.1 Å². The summed E-state index contributed by atoms with van der Waals surface area (Å²) in [6.07, 6.45) is 6.38. The van der Waals surface area contributed by atoms with Gasteiger partial charge in [-0.2, -0.15) is 11.8 Å². The van der Waals surface area contributed by atoms with Gasteiger partial charge in [-0.3, -0.25) is 0 Å². The molecule has 0 aromatic heterocycles. The van der Waals surface area contributed by atoms with E-state index in [0.717, 1.165) is 6.04 Å². The van der Waals surface area contributed by atoms with Gasteiger partial charge in [0.2, 0.25) is 0 Å². The third kappa shape index (κ3) is 1.95. The maximum Gasteiger partial charge on any atom is 0.0282 e. The van der Waals surface area contributed by atoms with Gasteiger partial charge in [-0.25, -0.2) is 0 Å². The fourth-order valence-electron chi connectivity index (χ4n) is 1.75. The predicted molar refractivity (Wildman–Crippen MR) is 54.8 cm³/mol. The summed E-state index contributed by atoms with van der Waals surface area (Å²) in [7, 11) is 0. The van der Waals surface area contributed by atoms with Crippen LogP contribution in [0.25, 0.3) is 0 Å². The summed E-state index contributed by atoms with van der Waals surface area (Å²) >= 11 is 2.04. The van der Waals surface area contributed by atoms with Crippen LogP contribution in [0.15, 0.2) is 0 Å². The smallest absolute Gasteiger partial charge is 0.0282 e. The second-order valence-corrected chi connectivity index (χ2v) is 5.23. The molecule has 1 saturated carbocycles.